The smallest absolute Gasteiger partial charge is 0.326 e. The Morgan fingerprint density at radius 3 is 2.35 bits per heavy atom. The first-order chi connectivity index (χ1) is 14.6. The van der Waals surface area contributed by atoms with Crippen molar-refractivity contribution in [1.82, 2.24) is 15.5 Å². The Morgan fingerprint density at radius 2 is 1.81 bits per heavy atom. The zero-order valence-electron chi connectivity index (χ0n) is 18.4. The summed E-state index contributed by atoms with van der Waals surface area (Å²) in [6.45, 7) is 3.82. The molecule has 0 bridgehead atoms. The summed E-state index contributed by atoms with van der Waals surface area (Å²) >= 11 is 0. The zero-order valence-corrected chi connectivity index (χ0v) is 18.4. The van der Waals surface area contributed by atoms with Crippen molar-refractivity contribution in [2.75, 3.05) is 19.7 Å². The molecule has 1 aliphatic rings. The predicted octanol–water partition coefficient (Wildman–Crippen LogP) is -1.47. The van der Waals surface area contributed by atoms with Crippen molar-refractivity contribution in [2.45, 2.75) is 76.5 Å². The third-order valence-electron chi connectivity index (χ3n) is 5.26. The van der Waals surface area contributed by atoms with Crippen molar-refractivity contribution in [3.05, 3.63) is 0 Å². The van der Waals surface area contributed by atoms with E-state index in [1.54, 1.807) is 0 Å². The second-order valence-electron chi connectivity index (χ2n) is 8.35. The van der Waals surface area contributed by atoms with Crippen LogP contribution in [0.15, 0.2) is 0 Å². The van der Waals surface area contributed by atoms with E-state index in [0.29, 0.717) is 32.2 Å². The highest BCUT2D eigenvalue weighted by atomic mass is 16.4. The Kier molecular flexibility index (Phi) is 11.4. The Labute approximate surface area is 182 Å². The average Bonchev–Trinajstić information content (AvgIpc) is 3.20. The van der Waals surface area contributed by atoms with Crippen molar-refractivity contribution < 1.29 is 29.4 Å². The number of carbonyl (C=O) groups excluding carboxylic acids is 3. The molecule has 4 atom stereocenters. The number of aliphatic hydroxyl groups is 1. The maximum absolute atomic E-state index is 12.9. The van der Waals surface area contributed by atoms with Gasteiger partial charge in [0, 0.05) is 6.54 Å². The van der Waals surface area contributed by atoms with E-state index < -0.39 is 54.5 Å². The van der Waals surface area contributed by atoms with Crippen LogP contribution >= 0.6 is 0 Å². The summed E-state index contributed by atoms with van der Waals surface area (Å²) in [6, 6.07) is -3.97. The van der Waals surface area contributed by atoms with Gasteiger partial charge in [-0.25, -0.2) is 4.79 Å². The van der Waals surface area contributed by atoms with E-state index in [2.05, 4.69) is 10.6 Å². The molecule has 11 nitrogen and oxygen atoms in total. The molecule has 0 aromatic heterocycles. The molecular formula is C20H37N5O6. The molecule has 31 heavy (non-hydrogen) atoms. The van der Waals surface area contributed by atoms with E-state index in [1.807, 2.05) is 13.8 Å². The number of carbonyl (C=O) groups is 4. The van der Waals surface area contributed by atoms with Gasteiger partial charge in [-0.3, -0.25) is 14.4 Å². The lowest BCUT2D eigenvalue weighted by molar-refractivity contribution is -0.145. The first kappa shape index (κ1) is 26.8. The number of carboxylic acid groups (broad SMARTS) is 1. The van der Waals surface area contributed by atoms with Crippen LogP contribution in [0.3, 0.4) is 0 Å². The Hall–Kier alpha value is -2.24. The number of hydrogen-bond donors (Lipinski definition) is 6. The van der Waals surface area contributed by atoms with Crippen molar-refractivity contribution >= 4 is 23.7 Å². The SMILES string of the molecule is CC(C)CC(NC(=O)C1CCCN1C(=O)C(CO)NC(=O)C(N)CCCCN)C(=O)O. The van der Waals surface area contributed by atoms with E-state index in [-0.39, 0.29) is 18.9 Å². The number of aliphatic hydroxyl groups excluding tert-OH is 1. The number of rotatable bonds is 13. The second-order valence-corrected chi connectivity index (χ2v) is 8.35. The molecule has 0 aromatic rings. The fraction of sp³-hybridized carbons (Fsp3) is 0.800. The number of unbranched alkanes of at least 4 members (excludes halogenated alkanes) is 1. The molecule has 0 aliphatic carbocycles. The van der Waals surface area contributed by atoms with Gasteiger partial charge in [0.2, 0.25) is 17.7 Å². The summed E-state index contributed by atoms with van der Waals surface area (Å²) in [6.07, 6.45) is 2.97. The van der Waals surface area contributed by atoms with Crippen LogP contribution in [0.4, 0.5) is 0 Å². The molecule has 3 amide bonds. The van der Waals surface area contributed by atoms with Crippen LogP contribution in [0.1, 0.15) is 52.4 Å². The lowest BCUT2D eigenvalue weighted by atomic mass is 10.0. The summed E-state index contributed by atoms with van der Waals surface area (Å²) in [5.41, 5.74) is 11.3. The number of likely N-dealkylation sites (tertiary alicyclic amines) is 1. The zero-order chi connectivity index (χ0) is 23.6. The van der Waals surface area contributed by atoms with Gasteiger partial charge in [0.1, 0.15) is 18.1 Å². The molecule has 8 N–H and O–H groups in total. The van der Waals surface area contributed by atoms with Gasteiger partial charge in [-0.2, -0.15) is 0 Å². The molecule has 0 aromatic carbocycles. The summed E-state index contributed by atoms with van der Waals surface area (Å²) in [5, 5.41) is 24.0. The number of carboxylic acids is 1. The topological polar surface area (TPSA) is 188 Å². The van der Waals surface area contributed by atoms with Crippen LogP contribution in [0, 0.1) is 5.92 Å². The molecule has 0 saturated carbocycles. The first-order valence-electron chi connectivity index (χ1n) is 10.8. The van der Waals surface area contributed by atoms with Gasteiger partial charge in [0.15, 0.2) is 0 Å². The van der Waals surface area contributed by atoms with Crippen molar-refractivity contribution in [3.8, 4) is 0 Å². The molecule has 0 spiro atoms. The van der Waals surface area contributed by atoms with Crippen LogP contribution in [-0.2, 0) is 19.2 Å². The van der Waals surface area contributed by atoms with Gasteiger partial charge >= 0.3 is 5.97 Å². The molecule has 1 aliphatic heterocycles. The van der Waals surface area contributed by atoms with Gasteiger partial charge in [-0.1, -0.05) is 20.3 Å². The molecule has 1 saturated heterocycles. The van der Waals surface area contributed by atoms with Crippen molar-refractivity contribution in [3.63, 3.8) is 0 Å². The summed E-state index contributed by atoms with van der Waals surface area (Å²) < 4.78 is 0. The van der Waals surface area contributed by atoms with Gasteiger partial charge in [0.05, 0.1) is 12.6 Å². The monoisotopic (exact) mass is 443 g/mol. The quantitative estimate of drug-likeness (QED) is 0.186. The van der Waals surface area contributed by atoms with Crippen LogP contribution < -0.4 is 22.1 Å². The molecule has 1 rings (SSSR count). The van der Waals surface area contributed by atoms with Crippen LogP contribution in [0.25, 0.3) is 0 Å². The molecular weight excluding hydrogens is 406 g/mol. The number of nitrogens with one attached hydrogen (secondary N) is 2. The second kappa shape index (κ2) is 13.2. The predicted molar refractivity (Wildman–Crippen MR) is 114 cm³/mol. The Bertz CT molecular complexity index is 629. The summed E-state index contributed by atoms with van der Waals surface area (Å²) in [7, 11) is 0. The van der Waals surface area contributed by atoms with Crippen LogP contribution in [0.5, 0.6) is 0 Å². The largest absolute Gasteiger partial charge is 0.480 e. The van der Waals surface area contributed by atoms with E-state index in [0.717, 1.165) is 6.42 Å². The minimum absolute atomic E-state index is 0.0609. The summed E-state index contributed by atoms with van der Waals surface area (Å²) in [4.78, 5) is 50.6. The number of nitrogens with two attached hydrogens (primary N) is 2. The maximum atomic E-state index is 12.9. The van der Waals surface area contributed by atoms with E-state index in [9.17, 15) is 29.4 Å². The minimum atomic E-state index is -1.23. The van der Waals surface area contributed by atoms with E-state index in [1.165, 1.54) is 4.90 Å². The fourth-order valence-corrected chi connectivity index (χ4v) is 3.57. The number of aliphatic carboxylic acids is 1. The van der Waals surface area contributed by atoms with Gasteiger partial charge in [0.25, 0.3) is 0 Å². The number of amides is 3. The maximum Gasteiger partial charge on any atom is 0.326 e. The van der Waals surface area contributed by atoms with Crippen molar-refractivity contribution in [1.29, 1.82) is 0 Å². The number of nitrogens with zero attached hydrogens (tertiary/aromatic N) is 1. The van der Waals surface area contributed by atoms with Gasteiger partial charge in [-0.15, -0.1) is 0 Å². The van der Waals surface area contributed by atoms with Gasteiger partial charge < -0.3 is 37.2 Å². The molecule has 1 heterocycles. The normalized spacial score (nSPS) is 19.0. The molecule has 178 valence electrons. The molecule has 4 unspecified atom stereocenters. The lowest BCUT2D eigenvalue weighted by Gasteiger charge is -2.29. The van der Waals surface area contributed by atoms with Crippen LogP contribution in [0.2, 0.25) is 0 Å². The van der Waals surface area contributed by atoms with E-state index >= 15 is 0 Å². The highest BCUT2D eigenvalue weighted by Gasteiger charge is 2.39. The lowest BCUT2D eigenvalue weighted by Crippen LogP contribution is -2.57. The average molecular weight is 444 g/mol. The van der Waals surface area contributed by atoms with E-state index in [4.69, 9.17) is 11.5 Å². The highest BCUT2D eigenvalue weighted by molar-refractivity contribution is 5.94. The third-order valence-corrected chi connectivity index (χ3v) is 5.26. The Balaban J connectivity index is 2.77. The summed E-state index contributed by atoms with van der Waals surface area (Å²) in [5.74, 6) is -2.79. The third kappa shape index (κ3) is 8.42. The molecule has 1 fully saturated rings. The minimum Gasteiger partial charge on any atom is -0.480 e. The van der Waals surface area contributed by atoms with Crippen LogP contribution in [-0.4, -0.2) is 82.7 Å². The highest BCUT2D eigenvalue weighted by Crippen LogP contribution is 2.19. The van der Waals surface area contributed by atoms with Gasteiger partial charge in [-0.05, 0) is 44.6 Å². The number of hydrogen-bond acceptors (Lipinski definition) is 7. The fourth-order valence-electron chi connectivity index (χ4n) is 3.57. The molecule has 0 radical (unpaired) electrons. The standard InChI is InChI=1S/C20H37N5O6/c1-12(2)10-14(20(30)31)23-18(28)16-7-5-9-25(16)19(29)15(11-26)24-17(27)13(22)6-3-4-8-21/h12-16,26H,3-11,21-22H2,1-2H3,(H,23,28)(H,24,27)(H,30,31). The molecule has 11 heteroatoms. The first-order valence-corrected chi connectivity index (χ1v) is 10.8. The van der Waals surface area contributed by atoms with Crippen molar-refractivity contribution in [2.24, 2.45) is 17.4 Å². The Morgan fingerprint density at radius 1 is 1.13 bits per heavy atom.